The average Bonchev–Trinajstić information content (AvgIpc) is 2.39. The number of morpholine rings is 2. The molecule has 0 unspecified atom stereocenters. The van der Waals surface area contributed by atoms with Gasteiger partial charge in [0.15, 0.2) is 0 Å². The lowest BCUT2D eigenvalue weighted by atomic mass is 10.5. The van der Waals surface area contributed by atoms with Crippen molar-refractivity contribution in [3.63, 3.8) is 0 Å². The molecule has 2 heterocycles. The molecule has 0 saturated carbocycles. The Bertz CT molecular complexity index is 275. The van der Waals surface area contributed by atoms with Gasteiger partial charge in [0.25, 0.3) is 0 Å². The average molecular weight is 258 g/mol. The Morgan fingerprint density at radius 2 is 1.65 bits per heavy atom. The second kappa shape index (κ2) is 6.85. The van der Waals surface area contributed by atoms with Crippen molar-refractivity contribution >= 4 is 23.7 Å². The normalized spacial score (nSPS) is 22.9. The summed E-state index contributed by atoms with van der Waals surface area (Å²) >= 11 is 5.15. The van der Waals surface area contributed by atoms with E-state index in [-0.39, 0.29) is 0 Å². The summed E-state index contributed by atoms with van der Waals surface area (Å²) in [6, 6.07) is 0. The molecule has 2 aliphatic heterocycles. The molecule has 0 atom stereocenters. The van der Waals surface area contributed by atoms with Crippen molar-refractivity contribution in [3.05, 3.63) is 0 Å². The van der Waals surface area contributed by atoms with Crippen LogP contribution in [0.3, 0.4) is 0 Å². The van der Waals surface area contributed by atoms with Crippen LogP contribution in [0, 0.1) is 0 Å². The van der Waals surface area contributed by atoms with Crippen LogP contribution in [0.15, 0.2) is 4.99 Å². The second-order valence-electron chi connectivity index (χ2n) is 3.91. The third-order valence-electron chi connectivity index (χ3n) is 2.65. The minimum atomic E-state index is 0.499. The number of thiocarbonyl (C=S) groups is 1. The lowest BCUT2D eigenvalue weighted by molar-refractivity contribution is 0.0250. The zero-order valence-corrected chi connectivity index (χ0v) is 10.6. The van der Waals surface area contributed by atoms with Gasteiger partial charge >= 0.3 is 0 Å². The Labute approximate surface area is 107 Å². The summed E-state index contributed by atoms with van der Waals surface area (Å²) in [5.41, 5.74) is 3.09. The van der Waals surface area contributed by atoms with E-state index in [9.17, 15) is 0 Å². The molecule has 2 fully saturated rings. The predicted molar refractivity (Wildman–Crippen MR) is 69.0 cm³/mol. The summed E-state index contributed by atoms with van der Waals surface area (Å²) in [5, 5.41) is 2.53. The van der Waals surface area contributed by atoms with Gasteiger partial charge in [0.2, 0.25) is 5.11 Å². The number of rotatable bonds is 2. The van der Waals surface area contributed by atoms with Gasteiger partial charge in [0, 0.05) is 26.2 Å². The number of hydrogen-bond donors (Lipinski definition) is 1. The van der Waals surface area contributed by atoms with Crippen molar-refractivity contribution < 1.29 is 9.47 Å². The summed E-state index contributed by atoms with van der Waals surface area (Å²) in [7, 11) is 0. The number of nitrogens with one attached hydrogen (secondary N) is 1. The van der Waals surface area contributed by atoms with E-state index in [2.05, 4.69) is 15.3 Å². The highest BCUT2D eigenvalue weighted by Gasteiger charge is 2.11. The molecular weight excluding hydrogens is 240 g/mol. The minimum absolute atomic E-state index is 0.499. The summed E-state index contributed by atoms with van der Waals surface area (Å²) in [6.45, 7) is 6.44. The molecule has 2 saturated heterocycles. The van der Waals surface area contributed by atoms with Crippen molar-refractivity contribution in [1.29, 1.82) is 0 Å². The van der Waals surface area contributed by atoms with E-state index in [1.165, 1.54) is 0 Å². The standard InChI is InChI=1S/C10H18N4O2S/c17-10(12-14-3-7-16-8-4-14)11-9-13-1-5-15-6-2-13/h9H,1-8H2,(H,12,17)/b11-9+. The fraction of sp³-hybridized carbons (Fsp3) is 0.800. The molecule has 0 bridgehead atoms. The highest BCUT2D eigenvalue weighted by molar-refractivity contribution is 7.80. The Kier molecular flexibility index (Phi) is 5.11. The van der Waals surface area contributed by atoms with Crippen LogP contribution in [-0.4, -0.2) is 74.0 Å². The van der Waals surface area contributed by atoms with Crippen LogP contribution in [0.2, 0.25) is 0 Å². The van der Waals surface area contributed by atoms with E-state index in [0.29, 0.717) is 5.11 Å². The van der Waals surface area contributed by atoms with Crippen LogP contribution in [0.4, 0.5) is 0 Å². The smallest absolute Gasteiger partial charge is 0.208 e. The van der Waals surface area contributed by atoms with Gasteiger partial charge in [0.1, 0.15) is 0 Å². The van der Waals surface area contributed by atoms with E-state index in [0.717, 1.165) is 52.6 Å². The molecule has 96 valence electrons. The first kappa shape index (κ1) is 12.7. The SMILES string of the molecule is S=C(/N=C/N1CCOCC1)NN1CCOCC1. The number of hydrazine groups is 1. The van der Waals surface area contributed by atoms with E-state index in [4.69, 9.17) is 21.7 Å². The molecule has 1 N–H and O–H groups in total. The van der Waals surface area contributed by atoms with E-state index in [1.54, 1.807) is 6.34 Å². The van der Waals surface area contributed by atoms with Crippen molar-refractivity contribution in [2.45, 2.75) is 0 Å². The first-order valence-electron chi connectivity index (χ1n) is 5.84. The summed E-state index contributed by atoms with van der Waals surface area (Å²) < 4.78 is 10.5. The van der Waals surface area contributed by atoms with Crippen LogP contribution in [0.25, 0.3) is 0 Å². The molecule has 0 amide bonds. The first-order chi connectivity index (χ1) is 8.34. The summed E-state index contributed by atoms with van der Waals surface area (Å²) in [6.07, 6.45) is 1.79. The maximum atomic E-state index is 5.25. The van der Waals surface area contributed by atoms with E-state index < -0.39 is 0 Å². The molecule has 0 spiro atoms. The zero-order valence-electron chi connectivity index (χ0n) is 9.80. The molecule has 7 heteroatoms. The fourth-order valence-electron chi connectivity index (χ4n) is 1.67. The molecule has 0 aromatic rings. The van der Waals surface area contributed by atoms with Gasteiger partial charge in [-0.3, -0.25) is 5.43 Å². The lowest BCUT2D eigenvalue weighted by Crippen LogP contribution is -2.47. The third-order valence-corrected chi connectivity index (χ3v) is 2.85. The van der Waals surface area contributed by atoms with Crippen LogP contribution in [0.1, 0.15) is 0 Å². The number of nitrogens with zero attached hydrogens (tertiary/aromatic N) is 3. The van der Waals surface area contributed by atoms with E-state index in [1.807, 2.05) is 5.01 Å². The molecule has 0 radical (unpaired) electrons. The maximum absolute atomic E-state index is 5.25. The van der Waals surface area contributed by atoms with Gasteiger partial charge in [-0.2, -0.15) is 0 Å². The minimum Gasteiger partial charge on any atom is -0.379 e. The number of hydrogen-bond acceptors (Lipinski definition) is 4. The number of ether oxygens (including phenoxy) is 2. The monoisotopic (exact) mass is 258 g/mol. The molecule has 0 aromatic carbocycles. The Morgan fingerprint density at radius 1 is 1.06 bits per heavy atom. The third kappa shape index (κ3) is 4.55. The molecular formula is C10H18N4O2S. The Balaban J connectivity index is 1.69. The lowest BCUT2D eigenvalue weighted by Gasteiger charge is -2.27. The maximum Gasteiger partial charge on any atom is 0.208 e. The van der Waals surface area contributed by atoms with Crippen molar-refractivity contribution in [2.75, 3.05) is 52.6 Å². The van der Waals surface area contributed by atoms with Crippen molar-refractivity contribution in [2.24, 2.45) is 4.99 Å². The van der Waals surface area contributed by atoms with Gasteiger partial charge in [-0.15, -0.1) is 0 Å². The molecule has 2 rings (SSSR count). The summed E-state index contributed by atoms with van der Waals surface area (Å²) in [4.78, 5) is 6.33. The fourth-order valence-corrected chi connectivity index (χ4v) is 1.84. The molecule has 17 heavy (non-hydrogen) atoms. The highest BCUT2D eigenvalue weighted by Crippen LogP contribution is 1.95. The van der Waals surface area contributed by atoms with Gasteiger partial charge < -0.3 is 14.4 Å². The van der Waals surface area contributed by atoms with Crippen molar-refractivity contribution in [3.8, 4) is 0 Å². The second-order valence-corrected chi connectivity index (χ2v) is 4.30. The van der Waals surface area contributed by atoms with Crippen LogP contribution >= 0.6 is 12.2 Å². The van der Waals surface area contributed by atoms with Gasteiger partial charge in [-0.25, -0.2) is 10.0 Å². The summed E-state index contributed by atoms with van der Waals surface area (Å²) in [5.74, 6) is 0. The quantitative estimate of drug-likeness (QED) is 0.408. The Morgan fingerprint density at radius 3 is 2.29 bits per heavy atom. The number of aliphatic imine (C=N–C) groups is 1. The van der Waals surface area contributed by atoms with Crippen LogP contribution in [0.5, 0.6) is 0 Å². The largest absolute Gasteiger partial charge is 0.379 e. The van der Waals surface area contributed by atoms with Crippen LogP contribution < -0.4 is 5.43 Å². The van der Waals surface area contributed by atoms with Gasteiger partial charge in [0.05, 0.1) is 32.8 Å². The Hall–Kier alpha value is -0.760. The van der Waals surface area contributed by atoms with E-state index >= 15 is 0 Å². The molecule has 6 nitrogen and oxygen atoms in total. The first-order valence-corrected chi connectivity index (χ1v) is 6.25. The van der Waals surface area contributed by atoms with Gasteiger partial charge in [-0.05, 0) is 12.2 Å². The van der Waals surface area contributed by atoms with Crippen molar-refractivity contribution in [1.82, 2.24) is 15.3 Å². The zero-order chi connectivity index (χ0) is 11.9. The molecule has 0 aromatic heterocycles. The molecule has 2 aliphatic rings. The highest BCUT2D eigenvalue weighted by atomic mass is 32.1. The topological polar surface area (TPSA) is 49.3 Å². The molecule has 0 aliphatic carbocycles. The predicted octanol–water partition coefficient (Wildman–Crippen LogP) is -0.531. The van der Waals surface area contributed by atoms with Crippen LogP contribution in [-0.2, 0) is 9.47 Å². The van der Waals surface area contributed by atoms with Gasteiger partial charge in [-0.1, -0.05) is 0 Å².